The average molecular weight is 393 g/mol. The summed E-state index contributed by atoms with van der Waals surface area (Å²) >= 11 is 0. The number of halogens is 2. The molecule has 1 N–H and O–H groups in total. The first-order valence-electron chi connectivity index (χ1n) is 7.90. The number of nitrogens with one attached hydrogen (secondary N) is 1. The summed E-state index contributed by atoms with van der Waals surface area (Å²) in [6.45, 7) is -3.68. The molecule has 2 aromatic rings. The number of ether oxygens (including phenoxy) is 2. The summed E-state index contributed by atoms with van der Waals surface area (Å²) in [6.07, 6.45) is 0. The van der Waals surface area contributed by atoms with E-state index in [0.29, 0.717) is 5.69 Å². The third-order valence-corrected chi connectivity index (χ3v) is 3.76. The molecule has 28 heavy (non-hydrogen) atoms. The van der Waals surface area contributed by atoms with Crippen LogP contribution in [0.2, 0.25) is 0 Å². The Kier molecular flexibility index (Phi) is 5.34. The highest BCUT2D eigenvalue weighted by Crippen LogP contribution is 2.35. The number of nitrogens with zero attached hydrogens (tertiary/aromatic N) is 2. The van der Waals surface area contributed by atoms with E-state index in [2.05, 4.69) is 10.1 Å². The predicted molar refractivity (Wildman–Crippen MR) is 92.6 cm³/mol. The van der Waals surface area contributed by atoms with E-state index in [0.717, 1.165) is 11.0 Å². The number of hydrogen-bond donors (Lipinski definition) is 1. The molecule has 0 saturated heterocycles. The number of anilines is 2. The second kappa shape index (κ2) is 7.86. The van der Waals surface area contributed by atoms with Gasteiger partial charge in [-0.15, -0.1) is 0 Å². The van der Waals surface area contributed by atoms with Gasteiger partial charge in [-0.1, -0.05) is 0 Å². The molecule has 0 spiro atoms. The fourth-order valence-corrected chi connectivity index (χ4v) is 2.54. The summed E-state index contributed by atoms with van der Waals surface area (Å²) in [7, 11) is 0. The SMILES string of the molecule is O=C(CN1C(=O)COc2ccc([N+](=O)[O-])cc21)Nc1ccc(OC(F)F)cc1. The van der Waals surface area contributed by atoms with Gasteiger partial charge in [0.2, 0.25) is 5.91 Å². The van der Waals surface area contributed by atoms with Crippen LogP contribution in [0.25, 0.3) is 0 Å². The van der Waals surface area contributed by atoms with Crippen molar-refractivity contribution >= 4 is 28.9 Å². The molecule has 0 aliphatic carbocycles. The molecule has 9 nitrogen and oxygen atoms in total. The monoisotopic (exact) mass is 393 g/mol. The Balaban J connectivity index is 1.72. The number of fused-ring (bicyclic) bond motifs is 1. The lowest BCUT2D eigenvalue weighted by atomic mass is 10.2. The molecule has 1 aliphatic rings. The van der Waals surface area contributed by atoms with Gasteiger partial charge >= 0.3 is 6.61 Å². The van der Waals surface area contributed by atoms with Crippen molar-refractivity contribution in [1.29, 1.82) is 0 Å². The lowest BCUT2D eigenvalue weighted by Crippen LogP contribution is -2.43. The third kappa shape index (κ3) is 4.31. The lowest BCUT2D eigenvalue weighted by Gasteiger charge is -2.28. The normalized spacial score (nSPS) is 13.0. The van der Waals surface area contributed by atoms with E-state index in [1.165, 1.54) is 36.4 Å². The minimum Gasteiger partial charge on any atom is -0.482 e. The molecule has 0 unspecified atom stereocenters. The zero-order valence-corrected chi connectivity index (χ0v) is 14.1. The molecular weight excluding hydrogens is 380 g/mol. The number of carbonyl (C=O) groups excluding carboxylic acids is 2. The van der Waals surface area contributed by atoms with E-state index in [-0.39, 0.29) is 29.5 Å². The topological polar surface area (TPSA) is 111 Å². The van der Waals surface area contributed by atoms with E-state index >= 15 is 0 Å². The summed E-state index contributed by atoms with van der Waals surface area (Å²) in [5, 5.41) is 13.5. The fraction of sp³-hybridized carbons (Fsp3) is 0.176. The Morgan fingerprint density at radius 3 is 2.64 bits per heavy atom. The molecule has 0 radical (unpaired) electrons. The Morgan fingerprint density at radius 2 is 2.00 bits per heavy atom. The first-order chi connectivity index (χ1) is 13.3. The zero-order valence-electron chi connectivity index (χ0n) is 14.1. The van der Waals surface area contributed by atoms with Crippen LogP contribution >= 0.6 is 0 Å². The quantitative estimate of drug-likeness (QED) is 0.596. The van der Waals surface area contributed by atoms with Crippen LogP contribution in [0.3, 0.4) is 0 Å². The largest absolute Gasteiger partial charge is 0.482 e. The second-order valence-corrected chi connectivity index (χ2v) is 5.63. The predicted octanol–water partition coefficient (Wildman–Crippen LogP) is 2.56. The molecule has 146 valence electrons. The van der Waals surface area contributed by atoms with Crippen LogP contribution in [0, 0.1) is 10.1 Å². The maximum Gasteiger partial charge on any atom is 0.387 e. The van der Waals surface area contributed by atoms with Crippen molar-refractivity contribution in [3.63, 3.8) is 0 Å². The van der Waals surface area contributed by atoms with Crippen LogP contribution in [0.1, 0.15) is 0 Å². The van der Waals surface area contributed by atoms with Crippen molar-refractivity contribution in [3.8, 4) is 11.5 Å². The molecule has 0 fully saturated rings. The van der Waals surface area contributed by atoms with Gasteiger partial charge in [-0.2, -0.15) is 8.78 Å². The van der Waals surface area contributed by atoms with Crippen molar-refractivity contribution in [2.24, 2.45) is 0 Å². The van der Waals surface area contributed by atoms with E-state index in [4.69, 9.17) is 4.74 Å². The van der Waals surface area contributed by atoms with Gasteiger partial charge in [0.15, 0.2) is 6.61 Å². The van der Waals surface area contributed by atoms with Crippen molar-refractivity contribution in [3.05, 3.63) is 52.6 Å². The Labute approximate surface area is 156 Å². The van der Waals surface area contributed by atoms with Crippen molar-refractivity contribution in [1.82, 2.24) is 0 Å². The number of carbonyl (C=O) groups is 2. The van der Waals surface area contributed by atoms with Gasteiger partial charge in [0.1, 0.15) is 18.0 Å². The first kappa shape index (κ1) is 19.0. The molecule has 2 amide bonds. The first-order valence-corrected chi connectivity index (χ1v) is 7.90. The third-order valence-electron chi connectivity index (χ3n) is 3.76. The number of benzene rings is 2. The van der Waals surface area contributed by atoms with Gasteiger partial charge in [-0.05, 0) is 30.3 Å². The van der Waals surface area contributed by atoms with Gasteiger partial charge in [0, 0.05) is 17.8 Å². The number of hydrogen-bond acceptors (Lipinski definition) is 6. The van der Waals surface area contributed by atoms with Crippen molar-refractivity contribution in [2.75, 3.05) is 23.4 Å². The maximum absolute atomic E-state index is 12.3. The number of rotatable bonds is 6. The summed E-state index contributed by atoms with van der Waals surface area (Å²) in [4.78, 5) is 35.8. The van der Waals surface area contributed by atoms with E-state index in [1.54, 1.807) is 0 Å². The number of non-ortho nitro benzene ring substituents is 1. The minimum absolute atomic E-state index is 0.0717. The molecule has 3 rings (SSSR count). The maximum atomic E-state index is 12.3. The van der Waals surface area contributed by atoms with Gasteiger partial charge in [-0.25, -0.2) is 0 Å². The van der Waals surface area contributed by atoms with E-state index in [1.807, 2.05) is 0 Å². The van der Waals surface area contributed by atoms with Gasteiger partial charge in [-0.3, -0.25) is 24.6 Å². The van der Waals surface area contributed by atoms with Crippen LogP contribution in [0.4, 0.5) is 25.8 Å². The molecular formula is C17H13F2N3O6. The second-order valence-electron chi connectivity index (χ2n) is 5.63. The van der Waals surface area contributed by atoms with E-state index < -0.39 is 29.9 Å². The number of nitro benzene ring substituents is 1. The summed E-state index contributed by atoms with van der Waals surface area (Å²) < 4.78 is 33.7. The average Bonchev–Trinajstić information content (AvgIpc) is 2.65. The standard InChI is InChI=1S/C17H13F2N3O6/c18-17(19)28-12-4-1-10(2-5-12)20-15(23)8-21-13-7-11(22(25)26)3-6-14(13)27-9-16(21)24/h1-7,17H,8-9H2,(H,20,23). The van der Waals surface area contributed by atoms with Gasteiger partial charge in [0.05, 0.1) is 10.6 Å². The van der Waals surface area contributed by atoms with Crippen molar-refractivity contribution < 1.29 is 32.8 Å². The molecule has 1 heterocycles. The molecule has 1 aliphatic heterocycles. The summed E-state index contributed by atoms with van der Waals surface area (Å²) in [5.41, 5.74) is 0.157. The molecule has 0 aromatic heterocycles. The zero-order chi connectivity index (χ0) is 20.3. The molecule has 0 saturated carbocycles. The van der Waals surface area contributed by atoms with E-state index in [9.17, 15) is 28.5 Å². The van der Waals surface area contributed by atoms with Crippen LogP contribution in [0.15, 0.2) is 42.5 Å². The van der Waals surface area contributed by atoms with Crippen LogP contribution in [-0.2, 0) is 9.59 Å². The Bertz CT molecular complexity index is 920. The number of amides is 2. The summed E-state index contributed by atoms with van der Waals surface area (Å²) in [6, 6.07) is 8.95. The van der Waals surface area contributed by atoms with Crippen LogP contribution in [0.5, 0.6) is 11.5 Å². The highest BCUT2D eigenvalue weighted by atomic mass is 19.3. The fourth-order valence-electron chi connectivity index (χ4n) is 2.54. The molecule has 11 heteroatoms. The van der Waals surface area contributed by atoms with Crippen LogP contribution in [-0.4, -0.2) is 36.5 Å². The van der Waals surface area contributed by atoms with Crippen LogP contribution < -0.4 is 19.7 Å². The molecule has 0 atom stereocenters. The number of nitro groups is 1. The minimum atomic E-state index is -2.96. The van der Waals surface area contributed by atoms with Gasteiger partial charge in [0.25, 0.3) is 11.6 Å². The smallest absolute Gasteiger partial charge is 0.387 e. The number of alkyl halides is 2. The molecule has 2 aromatic carbocycles. The summed E-state index contributed by atoms with van der Waals surface area (Å²) in [5.74, 6) is -0.955. The highest BCUT2D eigenvalue weighted by Gasteiger charge is 2.29. The lowest BCUT2D eigenvalue weighted by molar-refractivity contribution is -0.384. The molecule has 0 bridgehead atoms. The van der Waals surface area contributed by atoms with Crippen molar-refractivity contribution in [2.45, 2.75) is 6.61 Å². The highest BCUT2D eigenvalue weighted by molar-refractivity contribution is 6.05. The Morgan fingerprint density at radius 1 is 1.29 bits per heavy atom. The Hall–Kier alpha value is -3.76. The van der Waals surface area contributed by atoms with Gasteiger partial charge < -0.3 is 14.8 Å².